The summed E-state index contributed by atoms with van der Waals surface area (Å²) in [5, 5.41) is 7.10. The second kappa shape index (κ2) is 12.1. The number of hydrogen-bond acceptors (Lipinski definition) is 2. The van der Waals surface area contributed by atoms with Gasteiger partial charge in [0.25, 0.3) is 0 Å². The first-order valence-electron chi connectivity index (χ1n) is 19.1. The number of rotatable bonds is 5. The summed E-state index contributed by atoms with van der Waals surface area (Å²) < 4.78 is 6.55. The third-order valence-electron chi connectivity index (χ3n) is 11.8. The Morgan fingerprint density at radius 1 is 0.400 bits per heavy atom. The topological polar surface area (TPSA) is 16.4 Å². The van der Waals surface area contributed by atoms with Crippen LogP contribution in [0.4, 0.5) is 17.1 Å². The molecule has 0 atom stereocenters. The van der Waals surface area contributed by atoms with Gasteiger partial charge in [0.2, 0.25) is 0 Å². The van der Waals surface area contributed by atoms with E-state index < -0.39 is 0 Å². The van der Waals surface area contributed by atoms with E-state index in [0.717, 1.165) is 50.0 Å². The van der Waals surface area contributed by atoms with Crippen molar-refractivity contribution in [1.82, 2.24) is 0 Å². The summed E-state index contributed by atoms with van der Waals surface area (Å²) in [7, 11) is 0. The molecule has 0 bridgehead atoms. The van der Waals surface area contributed by atoms with Crippen LogP contribution in [0.15, 0.2) is 192 Å². The molecule has 1 aliphatic rings. The zero-order chi connectivity index (χ0) is 36.7. The molecule has 11 rings (SSSR count). The van der Waals surface area contributed by atoms with Crippen molar-refractivity contribution in [2.24, 2.45) is 0 Å². The van der Waals surface area contributed by atoms with Crippen LogP contribution in [0.2, 0.25) is 0 Å². The maximum absolute atomic E-state index is 6.55. The van der Waals surface area contributed by atoms with Crippen LogP contribution in [0, 0.1) is 0 Å². The molecule has 0 saturated carbocycles. The summed E-state index contributed by atoms with van der Waals surface area (Å²) in [6.07, 6.45) is 0. The highest BCUT2D eigenvalue weighted by Crippen LogP contribution is 2.51. The molecule has 0 N–H and O–H groups in total. The lowest BCUT2D eigenvalue weighted by Crippen LogP contribution is -2.16. The van der Waals surface area contributed by atoms with Gasteiger partial charge in [0.05, 0.1) is 0 Å². The fourth-order valence-corrected chi connectivity index (χ4v) is 9.06. The van der Waals surface area contributed by atoms with E-state index in [2.05, 4.69) is 207 Å². The molecule has 0 fully saturated rings. The molecule has 0 amide bonds. The van der Waals surface area contributed by atoms with E-state index in [1.807, 2.05) is 0 Å². The first kappa shape index (κ1) is 31.6. The van der Waals surface area contributed by atoms with Gasteiger partial charge in [-0.2, -0.15) is 0 Å². The smallest absolute Gasteiger partial charge is 0.143 e. The van der Waals surface area contributed by atoms with E-state index in [1.165, 1.54) is 55.1 Å². The molecule has 1 aromatic heterocycles. The second-order valence-electron chi connectivity index (χ2n) is 15.3. The molecule has 10 aromatic rings. The molecule has 0 spiro atoms. The van der Waals surface area contributed by atoms with Crippen LogP contribution in [0.25, 0.3) is 76.9 Å². The van der Waals surface area contributed by atoms with Crippen LogP contribution in [-0.2, 0) is 5.41 Å². The molecule has 0 unspecified atom stereocenters. The molecular weight excluding hydrogens is 667 g/mol. The minimum Gasteiger partial charge on any atom is -0.455 e. The molecule has 1 aliphatic carbocycles. The minimum absolute atomic E-state index is 0.109. The summed E-state index contributed by atoms with van der Waals surface area (Å²) in [6, 6.07) is 68.5. The summed E-state index contributed by atoms with van der Waals surface area (Å²) in [6.45, 7) is 4.70. The van der Waals surface area contributed by atoms with Crippen molar-refractivity contribution in [3.8, 4) is 33.4 Å². The van der Waals surface area contributed by atoms with Gasteiger partial charge in [-0.05, 0) is 115 Å². The van der Waals surface area contributed by atoms with Crippen molar-refractivity contribution in [3.63, 3.8) is 0 Å². The van der Waals surface area contributed by atoms with Crippen molar-refractivity contribution in [3.05, 3.63) is 199 Å². The Kier molecular flexibility index (Phi) is 6.93. The third-order valence-corrected chi connectivity index (χ3v) is 11.8. The first-order chi connectivity index (χ1) is 27.0. The van der Waals surface area contributed by atoms with E-state index in [-0.39, 0.29) is 5.41 Å². The number of hydrogen-bond donors (Lipinski definition) is 0. The highest BCUT2D eigenvalue weighted by atomic mass is 16.3. The van der Waals surface area contributed by atoms with E-state index in [4.69, 9.17) is 4.42 Å². The first-order valence-corrected chi connectivity index (χ1v) is 19.1. The molecule has 2 nitrogen and oxygen atoms in total. The van der Waals surface area contributed by atoms with Gasteiger partial charge in [-0.15, -0.1) is 0 Å². The highest BCUT2D eigenvalue weighted by Gasteiger charge is 2.35. The summed E-state index contributed by atoms with van der Waals surface area (Å²) in [5.74, 6) is 0. The fraction of sp³-hybridized carbons (Fsp3) is 0.0566. The zero-order valence-electron chi connectivity index (χ0n) is 30.8. The van der Waals surface area contributed by atoms with Crippen LogP contribution in [0.5, 0.6) is 0 Å². The van der Waals surface area contributed by atoms with Crippen molar-refractivity contribution < 1.29 is 4.42 Å². The normalized spacial score (nSPS) is 13.1. The van der Waals surface area contributed by atoms with Crippen LogP contribution in [0.3, 0.4) is 0 Å². The lowest BCUT2D eigenvalue weighted by molar-refractivity contribution is 0.660. The van der Waals surface area contributed by atoms with E-state index in [1.54, 1.807) is 0 Å². The molecule has 260 valence electrons. The molecule has 9 aromatic carbocycles. The van der Waals surface area contributed by atoms with Crippen molar-refractivity contribution in [2.45, 2.75) is 19.3 Å². The Morgan fingerprint density at radius 2 is 1.05 bits per heavy atom. The van der Waals surface area contributed by atoms with Crippen molar-refractivity contribution in [2.75, 3.05) is 4.90 Å². The second-order valence-corrected chi connectivity index (χ2v) is 15.3. The van der Waals surface area contributed by atoms with Crippen LogP contribution < -0.4 is 4.90 Å². The fourth-order valence-electron chi connectivity index (χ4n) is 9.06. The predicted molar refractivity (Wildman–Crippen MR) is 232 cm³/mol. The largest absolute Gasteiger partial charge is 0.455 e. The van der Waals surface area contributed by atoms with Crippen LogP contribution in [-0.4, -0.2) is 0 Å². The number of anilines is 3. The molecule has 0 radical (unpaired) electrons. The Morgan fingerprint density at radius 3 is 1.95 bits per heavy atom. The van der Waals surface area contributed by atoms with Gasteiger partial charge < -0.3 is 9.32 Å². The van der Waals surface area contributed by atoms with Gasteiger partial charge in [-0.25, -0.2) is 0 Å². The monoisotopic (exact) mass is 703 g/mol. The minimum atomic E-state index is -0.109. The van der Waals surface area contributed by atoms with Gasteiger partial charge in [0.15, 0.2) is 0 Å². The van der Waals surface area contributed by atoms with E-state index in [0.29, 0.717) is 0 Å². The number of benzene rings is 9. The average Bonchev–Trinajstić information content (AvgIpc) is 3.74. The number of fused-ring (bicyclic) bond motifs is 9. The van der Waals surface area contributed by atoms with Crippen LogP contribution >= 0.6 is 0 Å². The summed E-state index contributed by atoms with van der Waals surface area (Å²) in [5.41, 5.74) is 15.2. The van der Waals surface area contributed by atoms with Gasteiger partial charge in [0, 0.05) is 38.6 Å². The zero-order valence-corrected chi connectivity index (χ0v) is 30.8. The maximum Gasteiger partial charge on any atom is 0.143 e. The Balaban J connectivity index is 1.06. The van der Waals surface area contributed by atoms with E-state index >= 15 is 0 Å². The van der Waals surface area contributed by atoms with Gasteiger partial charge in [-0.3, -0.25) is 0 Å². The highest BCUT2D eigenvalue weighted by molar-refractivity contribution is 6.19. The Hall–Kier alpha value is -6.90. The third kappa shape index (κ3) is 4.95. The SMILES string of the molecule is CC1(C)c2ccccc2-c2ccc(N(c3ccc(-c4cccc5oc6c7ccccc7ccc6c45)cc3)c3cccc(-c4ccc5ccccc5c4)c3)cc21. The maximum atomic E-state index is 6.55. The lowest BCUT2D eigenvalue weighted by Gasteiger charge is -2.28. The number of furan rings is 1. The average molecular weight is 704 g/mol. The quantitative estimate of drug-likeness (QED) is 0.177. The Bertz CT molecular complexity index is 3130. The van der Waals surface area contributed by atoms with Gasteiger partial charge >= 0.3 is 0 Å². The molecule has 55 heavy (non-hydrogen) atoms. The summed E-state index contributed by atoms with van der Waals surface area (Å²) in [4.78, 5) is 2.41. The van der Waals surface area contributed by atoms with Crippen LogP contribution in [0.1, 0.15) is 25.0 Å². The van der Waals surface area contributed by atoms with Gasteiger partial charge in [0.1, 0.15) is 11.2 Å². The molecular formula is C53H37NO. The number of nitrogens with zero attached hydrogens (tertiary/aromatic N) is 1. The molecule has 0 aliphatic heterocycles. The van der Waals surface area contributed by atoms with Crippen molar-refractivity contribution in [1.29, 1.82) is 0 Å². The Labute approximate surface area is 320 Å². The molecule has 0 saturated heterocycles. The van der Waals surface area contributed by atoms with Gasteiger partial charge in [-0.1, -0.05) is 147 Å². The van der Waals surface area contributed by atoms with E-state index in [9.17, 15) is 0 Å². The molecule has 1 heterocycles. The van der Waals surface area contributed by atoms with Crippen molar-refractivity contribution >= 4 is 60.5 Å². The molecule has 2 heteroatoms. The summed E-state index contributed by atoms with van der Waals surface area (Å²) >= 11 is 0. The standard InChI is InChI=1S/C53H37NO/c1-53(2)48-19-8-7-17-45(48)46-30-28-42(33-49(46)53)54(41-15-9-14-38(32-41)39-22-21-34-11-3-4-13-37(34)31-39)40-26-23-36(24-27-40)43-18-10-20-50-51(43)47-29-25-35-12-5-6-16-44(35)52(47)55-50/h3-33H,1-2H3. The lowest BCUT2D eigenvalue weighted by atomic mass is 9.82. The predicted octanol–water partition coefficient (Wildman–Crippen LogP) is 15.0.